The molecule has 2 atom stereocenters. The molecule has 2 unspecified atom stereocenters. The largest absolute Gasteiger partial charge is 0.417 e. The Morgan fingerprint density at radius 3 is 2.06 bits per heavy atom. The number of halogens is 6. The van der Waals surface area contributed by atoms with Gasteiger partial charge < -0.3 is 10.2 Å². The Bertz CT molecular complexity index is 1910. The molecule has 7 nitrogen and oxygen atoms in total. The molecular weight excluding hydrogens is 734 g/mol. The molecule has 0 aliphatic carbocycles. The number of alkyl halides is 3. The molecule has 14 heteroatoms. The summed E-state index contributed by atoms with van der Waals surface area (Å²) in [5.41, 5.74) is -0.0389. The van der Waals surface area contributed by atoms with Crippen molar-refractivity contribution in [1.29, 1.82) is 0 Å². The van der Waals surface area contributed by atoms with Crippen LogP contribution in [-0.4, -0.2) is 43.8 Å². The van der Waals surface area contributed by atoms with E-state index in [1.54, 1.807) is 62.4 Å². The van der Waals surface area contributed by atoms with E-state index < -0.39 is 56.9 Å². The summed E-state index contributed by atoms with van der Waals surface area (Å²) in [6.07, 6.45) is -4.34. The first-order chi connectivity index (χ1) is 23.5. The van der Waals surface area contributed by atoms with Gasteiger partial charge in [0.05, 0.1) is 21.2 Å². The van der Waals surface area contributed by atoms with Crippen LogP contribution in [0.3, 0.4) is 0 Å². The molecule has 0 saturated heterocycles. The second kappa shape index (κ2) is 16.5. The number of rotatable bonds is 13. The molecule has 0 spiro atoms. The summed E-state index contributed by atoms with van der Waals surface area (Å²) in [7, 11) is -4.67. The molecule has 0 heterocycles. The van der Waals surface area contributed by atoms with Gasteiger partial charge in [0, 0.05) is 34.6 Å². The number of nitrogens with one attached hydrogen (secondary N) is 1. The van der Waals surface area contributed by atoms with Crippen LogP contribution in [0, 0.1) is 6.92 Å². The summed E-state index contributed by atoms with van der Waals surface area (Å²) >= 11 is 18.9. The Hall–Kier alpha value is -3.77. The van der Waals surface area contributed by atoms with Crippen molar-refractivity contribution in [3.63, 3.8) is 0 Å². The highest BCUT2D eigenvalue weighted by Gasteiger charge is 2.38. The summed E-state index contributed by atoms with van der Waals surface area (Å²) in [5, 5.41) is 2.63. The minimum Gasteiger partial charge on any atom is -0.352 e. The minimum atomic E-state index is -4.93. The van der Waals surface area contributed by atoms with Gasteiger partial charge in [0.15, 0.2) is 0 Å². The van der Waals surface area contributed by atoms with Crippen LogP contribution in [0.4, 0.5) is 18.9 Å². The molecule has 0 bridgehead atoms. The summed E-state index contributed by atoms with van der Waals surface area (Å²) in [6.45, 7) is 4.10. The molecular formula is C36H35Cl3F3N3O4S. The monoisotopic (exact) mass is 767 g/mol. The predicted octanol–water partition coefficient (Wildman–Crippen LogP) is 8.72. The first-order valence-electron chi connectivity index (χ1n) is 15.6. The molecule has 1 N–H and O–H groups in total. The first-order valence-corrected chi connectivity index (χ1v) is 18.1. The molecule has 0 fully saturated rings. The fourth-order valence-corrected chi connectivity index (χ4v) is 7.25. The number of aryl methyl sites for hydroxylation is 1. The molecule has 4 aromatic carbocycles. The van der Waals surface area contributed by atoms with E-state index in [1.807, 2.05) is 6.92 Å². The topological polar surface area (TPSA) is 86.8 Å². The van der Waals surface area contributed by atoms with E-state index in [9.17, 15) is 31.2 Å². The molecule has 0 radical (unpaired) electrons. The average molecular weight is 769 g/mol. The second-order valence-corrected chi connectivity index (χ2v) is 14.8. The van der Waals surface area contributed by atoms with Crippen LogP contribution in [0.15, 0.2) is 95.9 Å². The number of sulfonamides is 1. The lowest BCUT2D eigenvalue weighted by molar-refractivity contribution is -0.140. The lowest BCUT2D eigenvalue weighted by Crippen LogP contribution is -2.54. The predicted molar refractivity (Wildman–Crippen MR) is 191 cm³/mol. The fourth-order valence-electron chi connectivity index (χ4n) is 5.10. The number of hydrogen-bond acceptors (Lipinski definition) is 4. The van der Waals surface area contributed by atoms with Crippen molar-refractivity contribution in [3.8, 4) is 0 Å². The number of hydrogen-bond donors (Lipinski definition) is 1. The van der Waals surface area contributed by atoms with Crippen LogP contribution in [-0.2, 0) is 38.8 Å². The second-order valence-electron chi connectivity index (χ2n) is 11.7. The van der Waals surface area contributed by atoms with Gasteiger partial charge in [0.25, 0.3) is 10.0 Å². The first kappa shape index (κ1) is 39.0. The Balaban J connectivity index is 1.90. The van der Waals surface area contributed by atoms with Crippen molar-refractivity contribution in [2.75, 3.05) is 10.8 Å². The van der Waals surface area contributed by atoms with Crippen LogP contribution >= 0.6 is 34.8 Å². The van der Waals surface area contributed by atoms with E-state index >= 15 is 0 Å². The Kier molecular flexibility index (Phi) is 12.9. The van der Waals surface area contributed by atoms with Gasteiger partial charge in [-0.2, -0.15) is 13.2 Å². The maximum atomic E-state index is 14.6. The van der Waals surface area contributed by atoms with Gasteiger partial charge in [-0.05, 0) is 68.3 Å². The smallest absolute Gasteiger partial charge is 0.352 e. The van der Waals surface area contributed by atoms with Crippen molar-refractivity contribution >= 4 is 62.3 Å². The number of benzene rings is 4. The standard InChI is InChI=1S/C36H35Cl3F3N3O4S/c1-4-24(3)43-35(47)33(19-25-9-6-5-7-10-25)44(21-28-30(37)11-8-12-31(28)38)34(46)22-45(50(48,49)27-16-13-23(2)14-17-27)26-15-18-32(39)29(20-26)36(40,41)42/h5-18,20,24,33H,4,19,21-22H2,1-3H3,(H,43,47). The molecule has 0 saturated carbocycles. The molecule has 266 valence electrons. The quantitative estimate of drug-likeness (QED) is 0.148. The van der Waals surface area contributed by atoms with E-state index in [0.29, 0.717) is 22.4 Å². The van der Waals surface area contributed by atoms with Crippen molar-refractivity contribution in [1.82, 2.24) is 10.2 Å². The number of carbonyl (C=O) groups is 2. The van der Waals surface area contributed by atoms with Crippen molar-refractivity contribution < 1.29 is 31.2 Å². The molecule has 2 amide bonds. The summed E-state index contributed by atoms with van der Waals surface area (Å²) in [5.74, 6) is -1.43. The maximum absolute atomic E-state index is 14.6. The van der Waals surface area contributed by atoms with Gasteiger partial charge in [0.1, 0.15) is 12.6 Å². The van der Waals surface area contributed by atoms with E-state index in [4.69, 9.17) is 34.8 Å². The Morgan fingerprint density at radius 1 is 0.860 bits per heavy atom. The summed E-state index contributed by atoms with van der Waals surface area (Å²) in [6, 6.07) is 20.3. The van der Waals surface area contributed by atoms with E-state index in [1.165, 1.54) is 24.3 Å². The zero-order valence-electron chi connectivity index (χ0n) is 27.3. The molecule has 0 aliphatic heterocycles. The van der Waals surface area contributed by atoms with Crippen LogP contribution in [0.2, 0.25) is 15.1 Å². The number of amides is 2. The molecule has 4 aromatic rings. The van der Waals surface area contributed by atoms with E-state index in [-0.39, 0.29) is 39.5 Å². The highest BCUT2D eigenvalue weighted by atomic mass is 35.5. The van der Waals surface area contributed by atoms with Crippen LogP contribution in [0.25, 0.3) is 0 Å². The molecule has 0 aliphatic rings. The van der Waals surface area contributed by atoms with Gasteiger partial charge >= 0.3 is 6.18 Å². The lowest BCUT2D eigenvalue weighted by atomic mass is 10.0. The van der Waals surface area contributed by atoms with Gasteiger partial charge in [-0.15, -0.1) is 0 Å². The summed E-state index contributed by atoms with van der Waals surface area (Å²) < 4.78 is 71.0. The Morgan fingerprint density at radius 2 is 1.48 bits per heavy atom. The highest BCUT2D eigenvalue weighted by molar-refractivity contribution is 7.92. The fraction of sp³-hybridized carbons (Fsp3) is 0.278. The van der Waals surface area contributed by atoms with E-state index in [2.05, 4.69) is 5.32 Å². The molecule has 4 rings (SSSR count). The number of carbonyl (C=O) groups excluding carboxylic acids is 2. The maximum Gasteiger partial charge on any atom is 0.417 e. The van der Waals surface area contributed by atoms with Gasteiger partial charge in [-0.3, -0.25) is 13.9 Å². The third-order valence-corrected chi connectivity index (χ3v) is 10.9. The Labute approximate surface area is 305 Å². The molecule has 50 heavy (non-hydrogen) atoms. The van der Waals surface area contributed by atoms with E-state index in [0.717, 1.165) is 22.6 Å². The highest BCUT2D eigenvalue weighted by Crippen LogP contribution is 2.38. The van der Waals surface area contributed by atoms with Crippen molar-refractivity contribution in [3.05, 3.63) is 128 Å². The van der Waals surface area contributed by atoms with Crippen molar-refractivity contribution in [2.24, 2.45) is 0 Å². The summed E-state index contributed by atoms with van der Waals surface area (Å²) in [4.78, 5) is 29.5. The third-order valence-electron chi connectivity index (χ3n) is 8.09. The van der Waals surface area contributed by atoms with Crippen LogP contribution in [0.1, 0.15) is 42.5 Å². The molecule has 0 aromatic heterocycles. The number of anilines is 1. The zero-order chi connectivity index (χ0) is 36.8. The third kappa shape index (κ3) is 9.51. The minimum absolute atomic E-state index is 0.0147. The normalized spacial score (nSPS) is 13.0. The van der Waals surface area contributed by atoms with Crippen LogP contribution in [0.5, 0.6) is 0 Å². The van der Waals surface area contributed by atoms with Gasteiger partial charge in [-0.25, -0.2) is 8.42 Å². The average Bonchev–Trinajstić information content (AvgIpc) is 3.06. The lowest BCUT2D eigenvalue weighted by Gasteiger charge is -2.34. The zero-order valence-corrected chi connectivity index (χ0v) is 30.4. The number of nitrogens with zero attached hydrogens (tertiary/aromatic N) is 2. The van der Waals surface area contributed by atoms with Crippen LogP contribution < -0.4 is 9.62 Å². The van der Waals surface area contributed by atoms with Gasteiger partial charge in [0.2, 0.25) is 11.8 Å². The van der Waals surface area contributed by atoms with Gasteiger partial charge in [-0.1, -0.05) is 95.8 Å². The van der Waals surface area contributed by atoms with Crippen molar-refractivity contribution in [2.45, 2.75) is 63.3 Å². The SMILES string of the molecule is CCC(C)NC(=O)C(Cc1ccccc1)N(Cc1c(Cl)cccc1Cl)C(=O)CN(c1ccc(Cl)c(C(F)(F)F)c1)S(=O)(=O)c1ccc(C)cc1.